The van der Waals surface area contributed by atoms with Crippen LogP contribution in [0.15, 0.2) is 24.5 Å². The number of nitrogens with zero attached hydrogens (tertiary/aromatic N) is 3. The van der Waals surface area contributed by atoms with E-state index in [0.717, 1.165) is 42.1 Å². The number of hydrogen-bond donors (Lipinski definition) is 2. The molecule has 0 saturated heterocycles. The summed E-state index contributed by atoms with van der Waals surface area (Å²) in [4.78, 5) is 4.03. The van der Waals surface area contributed by atoms with Crippen LogP contribution in [0.25, 0.3) is 0 Å². The van der Waals surface area contributed by atoms with Crippen LogP contribution in [-0.2, 0) is 26.3 Å². The van der Waals surface area contributed by atoms with E-state index in [1.807, 2.05) is 36.3 Å². The van der Waals surface area contributed by atoms with Crippen LogP contribution in [-0.4, -0.2) is 20.8 Å². The molecule has 2 aromatic heterocycles. The quantitative estimate of drug-likeness (QED) is 0.607. The molecule has 0 radical (unpaired) electrons. The number of pyridine rings is 1. The minimum absolute atomic E-state index is 0.163. The average molecular weight is 308 g/mol. The lowest BCUT2D eigenvalue weighted by atomic mass is 10.0. The second kappa shape index (κ2) is 7.54. The molecule has 21 heavy (non-hydrogen) atoms. The molecule has 0 aliphatic rings. The number of aryl methyl sites for hydroxylation is 3. The summed E-state index contributed by atoms with van der Waals surface area (Å²) in [6.07, 6.45) is 7.11. The lowest BCUT2D eigenvalue weighted by Gasteiger charge is -2.16. The zero-order valence-electron chi connectivity index (χ0n) is 12.5. The smallest absolute Gasteiger partial charge is 0.0850 e. The molecule has 114 valence electrons. The number of rotatable bonds is 7. The van der Waals surface area contributed by atoms with Gasteiger partial charge in [-0.25, -0.2) is 0 Å². The fraction of sp³-hybridized carbons (Fsp3) is 0.467. The van der Waals surface area contributed by atoms with Crippen molar-refractivity contribution in [1.29, 1.82) is 0 Å². The van der Waals surface area contributed by atoms with Crippen molar-refractivity contribution in [3.05, 3.63) is 46.5 Å². The van der Waals surface area contributed by atoms with Crippen molar-refractivity contribution in [1.82, 2.24) is 20.2 Å². The fourth-order valence-electron chi connectivity index (χ4n) is 2.41. The molecule has 0 fully saturated rings. The summed E-state index contributed by atoms with van der Waals surface area (Å²) in [6, 6.07) is 4.22. The van der Waals surface area contributed by atoms with E-state index < -0.39 is 0 Å². The van der Waals surface area contributed by atoms with Gasteiger partial charge >= 0.3 is 0 Å². The number of halogens is 1. The number of nitrogens with two attached hydrogens (primary N) is 1. The fourth-order valence-corrected chi connectivity index (χ4v) is 2.78. The van der Waals surface area contributed by atoms with Crippen molar-refractivity contribution in [2.75, 3.05) is 0 Å². The highest BCUT2D eigenvalue weighted by Gasteiger charge is 2.17. The van der Waals surface area contributed by atoms with Gasteiger partial charge in [0.2, 0.25) is 0 Å². The first-order valence-electron chi connectivity index (χ1n) is 7.21. The van der Waals surface area contributed by atoms with Gasteiger partial charge in [-0.05, 0) is 37.0 Å². The molecule has 0 aromatic carbocycles. The van der Waals surface area contributed by atoms with E-state index in [0.29, 0.717) is 0 Å². The predicted octanol–water partition coefficient (Wildman–Crippen LogP) is 2.04. The summed E-state index contributed by atoms with van der Waals surface area (Å²) < 4.78 is 1.86. The second-order valence-electron chi connectivity index (χ2n) is 5.15. The molecule has 0 aliphatic heterocycles. The maximum absolute atomic E-state index is 6.39. The largest absolute Gasteiger partial charge is 0.271 e. The van der Waals surface area contributed by atoms with E-state index in [-0.39, 0.29) is 6.04 Å². The highest BCUT2D eigenvalue weighted by Crippen LogP contribution is 2.22. The summed E-state index contributed by atoms with van der Waals surface area (Å²) in [5.74, 6) is 5.69. The van der Waals surface area contributed by atoms with Crippen LogP contribution in [0.2, 0.25) is 5.02 Å². The van der Waals surface area contributed by atoms with Crippen LogP contribution in [0.3, 0.4) is 0 Å². The van der Waals surface area contributed by atoms with Crippen molar-refractivity contribution >= 4 is 11.6 Å². The molecular formula is C15H22ClN5. The molecule has 3 N–H and O–H groups in total. The van der Waals surface area contributed by atoms with E-state index in [9.17, 15) is 0 Å². The minimum Gasteiger partial charge on any atom is -0.271 e. The molecule has 1 unspecified atom stereocenters. The molecule has 6 heteroatoms. The van der Waals surface area contributed by atoms with Gasteiger partial charge < -0.3 is 0 Å². The SMILES string of the molecule is CCc1nn(C)c(CC(CCc2ccncc2)NN)c1Cl. The van der Waals surface area contributed by atoms with Crippen LogP contribution in [0.1, 0.15) is 30.3 Å². The molecule has 5 nitrogen and oxygen atoms in total. The van der Waals surface area contributed by atoms with Gasteiger partial charge in [-0.15, -0.1) is 0 Å². The van der Waals surface area contributed by atoms with Crippen molar-refractivity contribution in [3.8, 4) is 0 Å². The van der Waals surface area contributed by atoms with Gasteiger partial charge in [0, 0.05) is 31.9 Å². The summed E-state index contributed by atoms with van der Waals surface area (Å²) in [7, 11) is 1.93. The van der Waals surface area contributed by atoms with Crippen molar-refractivity contribution in [3.63, 3.8) is 0 Å². The zero-order chi connectivity index (χ0) is 15.2. The van der Waals surface area contributed by atoms with Crippen LogP contribution in [0, 0.1) is 0 Å². The summed E-state index contributed by atoms with van der Waals surface area (Å²) in [5, 5.41) is 5.21. The summed E-state index contributed by atoms with van der Waals surface area (Å²) >= 11 is 6.39. The average Bonchev–Trinajstić information content (AvgIpc) is 2.79. The van der Waals surface area contributed by atoms with E-state index >= 15 is 0 Å². The molecule has 0 bridgehead atoms. The van der Waals surface area contributed by atoms with Gasteiger partial charge in [0.15, 0.2) is 0 Å². The summed E-state index contributed by atoms with van der Waals surface area (Å²) in [5.41, 5.74) is 6.12. The Morgan fingerprint density at radius 1 is 1.38 bits per heavy atom. The first kappa shape index (κ1) is 15.9. The Balaban J connectivity index is 2.01. The number of nitrogens with one attached hydrogen (secondary N) is 1. The molecule has 0 spiro atoms. The normalized spacial score (nSPS) is 12.6. The highest BCUT2D eigenvalue weighted by molar-refractivity contribution is 6.31. The molecule has 2 heterocycles. The Morgan fingerprint density at radius 2 is 2.10 bits per heavy atom. The van der Waals surface area contributed by atoms with Crippen molar-refractivity contribution in [2.24, 2.45) is 12.9 Å². The van der Waals surface area contributed by atoms with Gasteiger partial charge in [-0.1, -0.05) is 18.5 Å². The number of aromatic nitrogens is 3. The topological polar surface area (TPSA) is 68.8 Å². The molecule has 0 aliphatic carbocycles. The maximum Gasteiger partial charge on any atom is 0.0850 e. The van der Waals surface area contributed by atoms with E-state index in [2.05, 4.69) is 22.4 Å². The van der Waals surface area contributed by atoms with Gasteiger partial charge in [-0.3, -0.25) is 20.9 Å². The zero-order valence-corrected chi connectivity index (χ0v) is 13.3. The molecule has 0 saturated carbocycles. The Bertz CT molecular complexity index is 567. The Hall–Kier alpha value is -1.43. The molecule has 2 aromatic rings. The molecule has 0 amide bonds. The van der Waals surface area contributed by atoms with Crippen LogP contribution >= 0.6 is 11.6 Å². The van der Waals surface area contributed by atoms with Crippen molar-refractivity contribution < 1.29 is 0 Å². The Morgan fingerprint density at radius 3 is 2.67 bits per heavy atom. The third-order valence-corrected chi connectivity index (χ3v) is 4.15. The lowest BCUT2D eigenvalue weighted by Crippen LogP contribution is -2.37. The molecule has 1 atom stereocenters. The monoisotopic (exact) mass is 307 g/mol. The predicted molar refractivity (Wildman–Crippen MR) is 85.0 cm³/mol. The summed E-state index contributed by atoms with van der Waals surface area (Å²) in [6.45, 7) is 2.06. The van der Waals surface area contributed by atoms with Crippen molar-refractivity contribution in [2.45, 2.75) is 38.6 Å². The molecular weight excluding hydrogens is 286 g/mol. The minimum atomic E-state index is 0.163. The van der Waals surface area contributed by atoms with E-state index in [4.69, 9.17) is 17.4 Å². The van der Waals surface area contributed by atoms with Crippen LogP contribution in [0.4, 0.5) is 0 Å². The van der Waals surface area contributed by atoms with Crippen LogP contribution in [0.5, 0.6) is 0 Å². The number of hydrogen-bond acceptors (Lipinski definition) is 4. The van der Waals surface area contributed by atoms with E-state index in [1.165, 1.54) is 5.56 Å². The number of hydrazine groups is 1. The Labute approximate surface area is 130 Å². The standard InChI is InChI=1S/C15H22ClN5/c1-3-13-15(16)14(21(2)20-13)10-12(19-17)5-4-11-6-8-18-9-7-11/h6-9,12,19H,3-5,10,17H2,1-2H3. The third kappa shape index (κ3) is 4.03. The molecule has 2 rings (SSSR count). The van der Waals surface area contributed by atoms with Gasteiger partial charge in [0.25, 0.3) is 0 Å². The van der Waals surface area contributed by atoms with Gasteiger partial charge in [0.05, 0.1) is 16.4 Å². The first-order chi connectivity index (χ1) is 10.2. The van der Waals surface area contributed by atoms with Crippen LogP contribution < -0.4 is 11.3 Å². The Kier molecular flexibility index (Phi) is 5.73. The van der Waals surface area contributed by atoms with E-state index in [1.54, 1.807) is 0 Å². The van der Waals surface area contributed by atoms with Gasteiger partial charge in [0.1, 0.15) is 0 Å². The third-order valence-electron chi connectivity index (χ3n) is 3.71. The highest BCUT2D eigenvalue weighted by atomic mass is 35.5. The first-order valence-corrected chi connectivity index (χ1v) is 7.58. The second-order valence-corrected chi connectivity index (χ2v) is 5.52. The maximum atomic E-state index is 6.39. The lowest BCUT2D eigenvalue weighted by molar-refractivity contribution is 0.477. The van der Waals surface area contributed by atoms with Gasteiger partial charge in [-0.2, -0.15) is 5.10 Å².